The molecule has 0 aromatic heterocycles. The summed E-state index contributed by atoms with van der Waals surface area (Å²) in [5.41, 5.74) is 2.02. The number of benzene rings is 3. The number of rotatable bonds is 13. The molecule has 3 aromatic rings. The SMILES string of the molecule is COc1ccc(C(CC(=O)N[C@@H](Cc2cccc(Cl)c2)C(=O)C[C@H](C(=O)C(F)(F)F)C(C)C)c2ccc(Cl)c(Cl)c2)cc1. The number of Topliss-reactive ketones (excluding diaryl/α,β-unsaturated/α-hetero) is 2. The normalized spacial score (nSPS) is 13.7. The molecule has 230 valence electrons. The lowest BCUT2D eigenvalue weighted by Crippen LogP contribution is -2.45. The molecule has 3 aromatic carbocycles. The molecule has 1 N–H and O–H groups in total. The van der Waals surface area contributed by atoms with Gasteiger partial charge in [-0.15, -0.1) is 0 Å². The fourth-order valence-corrected chi connectivity index (χ4v) is 5.30. The van der Waals surface area contributed by atoms with Gasteiger partial charge in [-0.3, -0.25) is 14.4 Å². The number of nitrogens with one attached hydrogen (secondary N) is 1. The summed E-state index contributed by atoms with van der Waals surface area (Å²) in [5, 5.41) is 3.74. The summed E-state index contributed by atoms with van der Waals surface area (Å²) in [6, 6.07) is 17.5. The predicted octanol–water partition coefficient (Wildman–Crippen LogP) is 8.27. The monoisotopic (exact) mass is 655 g/mol. The predicted molar refractivity (Wildman–Crippen MR) is 162 cm³/mol. The summed E-state index contributed by atoms with van der Waals surface area (Å²) >= 11 is 18.5. The maximum Gasteiger partial charge on any atom is 0.450 e. The molecule has 0 heterocycles. The quantitative estimate of drug-likeness (QED) is 0.201. The first-order chi connectivity index (χ1) is 20.2. The Labute approximate surface area is 263 Å². The van der Waals surface area contributed by atoms with E-state index in [1.807, 2.05) is 0 Å². The van der Waals surface area contributed by atoms with Crippen LogP contribution in [-0.4, -0.2) is 36.8 Å². The molecule has 0 saturated heterocycles. The first-order valence-electron chi connectivity index (χ1n) is 13.5. The zero-order valence-corrected chi connectivity index (χ0v) is 26.0. The minimum atomic E-state index is -5.09. The number of halogens is 6. The average Bonchev–Trinajstić information content (AvgIpc) is 2.94. The molecule has 1 unspecified atom stereocenters. The van der Waals surface area contributed by atoms with Crippen LogP contribution in [0.5, 0.6) is 5.75 Å². The minimum absolute atomic E-state index is 0.0316. The Kier molecular flexibility index (Phi) is 12.1. The highest BCUT2D eigenvalue weighted by molar-refractivity contribution is 6.42. The Balaban J connectivity index is 1.92. The minimum Gasteiger partial charge on any atom is -0.497 e. The van der Waals surface area contributed by atoms with E-state index in [0.717, 1.165) is 5.56 Å². The van der Waals surface area contributed by atoms with Crippen LogP contribution in [0.1, 0.15) is 49.3 Å². The summed E-state index contributed by atoms with van der Waals surface area (Å²) in [5.74, 6) is -5.44. The van der Waals surface area contributed by atoms with Gasteiger partial charge in [-0.25, -0.2) is 0 Å². The Hall–Kier alpha value is -3.07. The molecule has 0 aliphatic rings. The van der Waals surface area contributed by atoms with Crippen molar-refractivity contribution in [3.05, 3.63) is 98.5 Å². The first-order valence-corrected chi connectivity index (χ1v) is 14.6. The van der Waals surface area contributed by atoms with Gasteiger partial charge in [0.25, 0.3) is 0 Å². The van der Waals surface area contributed by atoms with Crippen molar-refractivity contribution in [1.82, 2.24) is 5.32 Å². The van der Waals surface area contributed by atoms with Crippen LogP contribution in [-0.2, 0) is 20.8 Å². The smallest absolute Gasteiger partial charge is 0.450 e. The lowest BCUT2D eigenvalue weighted by molar-refractivity contribution is -0.177. The number of hydrogen-bond acceptors (Lipinski definition) is 4. The van der Waals surface area contributed by atoms with Crippen LogP contribution in [0.2, 0.25) is 15.1 Å². The molecular weight excluding hydrogens is 626 g/mol. The zero-order valence-electron chi connectivity index (χ0n) is 23.7. The number of hydrogen-bond donors (Lipinski definition) is 1. The molecule has 0 radical (unpaired) electrons. The van der Waals surface area contributed by atoms with Crippen LogP contribution in [0.4, 0.5) is 13.2 Å². The topological polar surface area (TPSA) is 72.5 Å². The van der Waals surface area contributed by atoms with Gasteiger partial charge in [0.2, 0.25) is 11.7 Å². The molecule has 3 atom stereocenters. The fraction of sp³-hybridized carbons (Fsp3) is 0.344. The molecule has 1 amide bonds. The van der Waals surface area contributed by atoms with Crippen LogP contribution in [0.15, 0.2) is 66.7 Å². The van der Waals surface area contributed by atoms with E-state index >= 15 is 0 Å². The van der Waals surface area contributed by atoms with Crippen molar-refractivity contribution >= 4 is 52.3 Å². The molecule has 5 nitrogen and oxygen atoms in total. The number of methoxy groups -OCH3 is 1. The van der Waals surface area contributed by atoms with Crippen molar-refractivity contribution in [2.24, 2.45) is 11.8 Å². The zero-order chi connectivity index (χ0) is 31.9. The third-order valence-corrected chi connectivity index (χ3v) is 8.12. The molecule has 0 saturated carbocycles. The van der Waals surface area contributed by atoms with Crippen LogP contribution in [0, 0.1) is 11.8 Å². The van der Waals surface area contributed by atoms with Crippen LogP contribution >= 0.6 is 34.8 Å². The van der Waals surface area contributed by atoms with Crippen LogP contribution in [0.3, 0.4) is 0 Å². The molecule has 3 rings (SSSR count). The Bertz CT molecular complexity index is 1440. The highest BCUT2D eigenvalue weighted by Crippen LogP contribution is 2.34. The van der Waals surface area contributed by atoms with Crippen molar-refractivity contribution in [1.29, 1.82) is 0 Å². The first kappa shape index (κ1) is 34.4. The largest absolute Gasteiger partial charge is 0.497 e. The van der Waals surface area contributed by atoms with E-state index in [1.54, 1.807) is 66.7 Å². The number of carbonyl (C=O) groups is 3. The Morgan fingerprint density at radius 3 is 2.07 bits per heavy atom. The van der Waals surface area contributed by atoms with E-state index in [-0.39, 0.29) is 12.8 Å². The van der Waals surface area contributed by atoms with Gasteiger partial charge < -0.3 is 10.1 Å². The van der Waals surface area contributed by atoms with Crippen LogP contribution < -0.4 is 10.1 Å². The van der Waals surface area contributed by atoms with E-state index in [9.17, 15) is 27.6 Å². The third-order valence-electron chi connectivity index (χ3n) is 7.15. The molecule has 43 heavy (non-hydrogen) atoms. The maximum absolute atomic E-state index is 13.5. The van der Waals surface area contributed by atoms with E-state index in [2.05, 4.69) is 5.32 Å². The molecule has 0 aliphatic heterocycles. The highest BCUT2D eigenvalue weighted by Gasteiger charge is 2.45. The number of ether oxygens (including phenoxy) is 1. The summed E-state index contributed by atoms with van der Waals surface area (Å²) in [6.07, 6.45) is -5.93. The lowest BCUT2D eigenvalue weighted by Gasteiger charge is -2.25. The Morgan fingerprint density at radius 1 is 0.860 bits per heavy atom. The second kappa shape index (κ2) is 15.1. The summed E-state index contributed by atoms with van der Waals surface area (Å²) in [7, 11) is 1.53. The molecular formula is C32H31Cl3F3NO4. The highest BCUT2D eigenvalue weighted by atomic mass is 35.5. The van der Waals surface area contributed by atoms with E-state index in [4.69, 9.17) is 39.5 Å². The number of amides is 1. The van der Waals surface area contributed by atoms with Crippen molar-refractivity contribution in [3.63, 3.8) is 0 Å². The van der Waals surface area contributed by atoms with E-state index < -0.39 is 53.9 Å². The van der Waals surface area contributed by atoms with Gasteiger partial charge in [0, 0.05) is 29.7 Å². The average molecular weight is 657 g/mol. The van der Waals surface area contributed by atoms with Gasteiger partial charge in [0.1, 0.15) is 5.75 Å². The summed E-state index contributed by atoms with van der Waals surface area (Å²) < 4.78 is 45.2. The molecule has 0 spiro atoms. The van der Waals surface area contributed by atoms with Gasteiger partial charge >= 0.3 is 6.18 Å². The third kappa shape index (κ3) is 9.71. The van der Waals surface area contributed by atoms with Gasteiger partial charge in [0.15, 0.2) is 5.78 Å². The number of carbonyl (C=O) groups excluding carboxylic acids is 3. The van der Waals surface area contributed by atoms with Crippen molar-refractivity contribution in [3.8, 4) is 5.75 Å². The molecule has 11 heteroatoms. The van der Waals surface area contributed by atoms with Crippen molar-refractivity contribution in [2.45, 2.75) is 51.2 Å². The second-order valence-electron chi connectivity index (χ2n) is 10.5. The van der Waals surface area contributed by atoms with E-state index in [1.165, 1.54) is 21.0 Å². The summed E-state index contributed by atoms with van der Waals surface area (Å²) in [4.78, 5) is 39.2. The second-order valence-corrected chi connectivity index (χ2v) is 11.8. The van der Waals surface area contributed by atoms with Gasteiger partial charge in [0.05, 0.1) is 23.2 Å². The number of ketones is 2. The van der Waals surface area contributed by atoms with Gasteiger partial charge in [-0.1, -0.05) is 79.0 Å². The summed E-state index contributed by atoms with van der Waals surface area (Å²) in [6.45, 7) is 2.89. The number of alkyl halides is 3. The van der Waals surface area contributed by atoms with Crippen molar-refractivity contribution < 1.29 is 32.3 Å². The van der Waals surface area contributed by atoms with Gasteiger partial charge in [-0.2, -0.15) is 13.2 Å². The standard InChI is InChI=1S/C32H31Cl3F3NO4/c1-18(2)24(31(42)32(36,37)38)16-29(40)28(14-19-5-4-6-22(33)13-19)39-30(41)17-25(20-7-10-23(43-3)11-8-20)21-9-12-26(34)27(35)15-21/h4-13,15,18,24-25,28H,14,16-17H2,1-3H3,(H,39,41)/t24-,25?,28-/m0/s1. The van der Waals surface area contributed by atoms with E-state index in [0.29, 0.717) is 31.9 Å². The van der Waals surface area contributed by atoms with Crippen molar-refractivity contribution in [2.75, 3.05) is 7.11 Å². The lowest BCUT2D eigenvalue weighted by atomic mass is 9.84. The molecule has 0 bridgehead atoms. The fourth-order valence-electron chi connectivity index (χ4n) is 4.78. The van der Waals surface area contributed by atoms with Gasteiger partial charge in [-0.05, 0) is 65.4 Å². The molecule has 0 aliphatic carbocycles. The molecule has 0 fully saturated rings. The maximum atomic E-state index is 13.5. The Morgan fingerprint density at radius 2 is 1.51 bits per heavy atom. The van der Waals surface area contributed by atoms with Crippen LogP contribution in [0.25, 0.3) is 0 Å².